The molecule has 1 aromatic carbocycles. The van der Waals surface area contributed by atoms with E-state index in [2.05, 4.69) is 54.4 Å². The molecule has 0 amide bonds. The fraction of sp³-hybridized carbons (Fsp3) is 0.450. The van der Waals surface area contributed by atoms with E-state index >= 15 is 0 Å². The Kier molecular flexibility index (Phi) is 4.13. The van der Waals surface area contributed by atoms with Crippen LogP contribution in [0.25, 0.3) is 10.9 Å². The minimum atomic E-state index is 0.402. The maximum Gasteiger partial charge on any atom is 0.0641 e. The first-order valence-electron chi connectivity index (χ1n) is 9.00. The van der Waals surface area contributed by atoms with E-state index in [9.17, 15) is 0 Å². The summed E-state index contributed by atoms with van der Waals surface area (Å²) in [4.78, 5) is 6.11. The van der Waals surface area contributed by atoms with E-state index in [4.69, 9.17) is 16.7 Å². The molecule has 0 fully saturated rings. The van der Waals surface area contributed by atoms with Crippen LogP contribution in [0.3, 0.4) is 0 Å². The number of H-pyrrole nitrogens is 1. The molecule has 0 unspecified atom stereocenters. The number of aromatic nitrogens is 3. The number of halogens is 1. The predicted molar refractivity (Wildman–Crippen MR) is 103 cm³/mol. The van der Waals surface area contributed by atoms with Crippen LogP contribution in [0, 0.1) is 13.8 Å². The summed E-state index contributed by atoms with van der Waals surface area (Å²) in [6.07, 6.45) is 1.06. The molecule has 5 heteroatoms. The third kappa shape index (κ3) is 2.87. The molecule has 1 aliphatic rings. The Morgan fingerprint density at radius 2 is 2.08 bits per heavy atom. The number of rotatable bonds is 3. The van der Waals surface area contributed by atoms with E-state index < -0.39 is 0 Å². The van der Waals surface area contributed by atoms with Crippen LogP contribution in [-0.4, -0.2) is 26.2 Å². The first kappa shape index (κ1) is 16.7. The fourth-order valence-electron chi connectivity index (χ4n) is 4.06. The predicted octanol–water partition coefficient (Wildman–Crippen LogP) is 4.77. The smallest absolute Gasteiger partial charge is 0.0641 e. The maximum atomic E-state index is 6.18. The Morgan fingerprint density at radius 1 is 1.28 bits per heavy atom. The average molecular weight is 357 g/mol. The van der Waals surface area contributed by atoms with Gasteiger partial charge in [-0.2, -0.15) is 5.10 Å². The van der Waals surface area contributed by atoms with Gasteiger partial charge in [0, 0.05) is 58.6 Å². The lowest BCUT2D eigenvalue weighted by Gasteiger charge is -2.27. The van der Waals surface area contributed by atoms with Gasteiger partial charge in [-0.15, -0.1) is 0 Å². The molecule has 1 N–H and O–H groups in total. The second-order valence-electron chi connectivity index (χ2n) is 7.42. The lowest BCUT2D eigenvalue weighted by atomic mass is 10.0. The highest BCUT2D eigenvalue weighted by molar-refractivity contribution is 6.31. The van der Waals surface area contributed by atoms with Gasteiger partial charge in [-0.25, -0.2) is 0 Å². The number of aromatic amines is 1. The molecule has 0 radical (unpaired) electrons. The second-order valence-corrected chi connectivity index (χ2v) is 7.86. The van der Waals surface area contributed by atoms with Crippen LogP contribution in [-0.2, 0) is 19.5 Å². The first-order chi connectivity index (χ1) is 11.9. The van der Waals surface area contributed by atoms with Crippen LogP contribution in [0.15, 0.2) is 18.2 Å². The summed E-state index contributed by atoms with van der Waals surface area (Å²) in [6, 6.07) is 6.53. The number of nitrogens with zero attached hydrogens (tertiary/aromatic N) is 3. The Balaban J connectivity index is 1.60. The molecule has 0 spiro atoms. The lowest BCUT2D eigenvalue weighted by molar-refractivity contribution is 0.242. The maximum absolute atomic E-state index is 6.18. The Bertz CT molecular complexity index is 935. The van der Waals surface area contributed by atoms with E-state index in [0.29, 0.717) is 6.04 Å². The Hall–Kier alpha value is -1.78. The molecule has 2 aromatic heterocycles. The van der Waals surface area contributed by atoms with Crippen molar-refractivity contribution in [3.63, 3.8) is 0 Å². The summed E-state index contributed by atoms with van der Waals surface area (Å²) < 4.78 is 2.14. The molecule has 1 aliphatic heterocycles. The molecule has 0 saturated heterocycles. The van der Waals surface area contributed by atoms with Gasteiger partial charge in [0.25, 0.3) is 0 Å². The quantitative estimate of drug-likeness (QED) is 0.733. The van der Waals surface area contributed by atoms with Gasteiger partial charge in [-0.3, -0.25) is 9.58 Å². The number of aryl methyl sites for hydroxylation is 1. The molecule has 4 nitrogen and oxygen atoms in total. The summed E-state index contributed by atoms with van der Waals surface area (Å²) in [5.41, 5.74) is 7.77. The van der Waals surface area contributed by atoms with Gasteiger partial charge >= 0.3 is 0 Å². The molecular formula is C20H25ClN4. The first-order valence-corrected chi connectivity index (χ1v) is 9.37. The standard InChI is InChI=1S/C20H25ClN4/c1-12(2)25-14(4)18(13(3)23-25)10-24-8-7-16-17-9-15(21)5-6-19(17)22-20(16)11-24/h5-6,9,12,22H,7-8,10-11H2,1-4H3. The van der Waals surface area contributed by atoms with Gasteiger partial charge in [0.2, 0.25) is 0 Å². The molecule has 25 heavy (non-hydrogen) atoms. The van der Waals surface area contributed by atoms with Crippen molar-refractivity contribution in [1.82, 2.24) is 19.7 Å². The van der Waals surface area contributed by atoms with Crippen molar-refractivity contribution in [3.8, 4) is 0 Å². The highest BCUT2D eigenvalue weighted by atomic mass is 35.5. The summed E-state index contributed by atoms with van der Waals surface area (Å²) in [5.74, 6) is 0. The highest BCUT2D eigenvalue weighted by Gasteiger charge is 2.23. The topological polar surface area (TPSA) is 36.9 Å². The van der Waals surface area contributed by atoms with Crippen LogP contribution >= 0.6 is 11.6 Å². The van der Waals surface area contributed by atoms with Crippen LogP contribution in [0.4, 0.5) is 0 Å². The minimum Gasteiger partial charge on any atom is -0.357 e. The molecule has 0 atom stereocenters. The molecule has 4 rings (SSSR count). The van der Waals surface area contributed by atoms with Gasteiger partial charge in [0.15, 0.2) is 0 Å². The van der Waals surface area contributed by atoms with Gasteiger partial charge in [0.05, 0.1) is 5.69 Å². The molecule has 3 aromatic rings. The largest absolute Gasteiger partial charge is 0.357 e. The second kappa shape index (κ2) is 6.19. The van der Waals surface area contributed by atoms with Crippen LogP contribution in [0.2, 0.25) is 5.02 Å². The van der Waals surface area contributed by atoms with E-state index in [1.165, 1.54) is 33.4 Å². The number of benzene rings is 1. The zero-order valence-electron chi connectivity index (χ0n) is 15.4. The van der Waals surface area contributed by atoms with Gasteiger partial charge in [0.1, 0.15) is 0 Å². The summed E-state index contributed by atoms with van der Waals surface area (Å²) in [7, 11) is 0. The van der Waals surface area contributed by atoms with E-state index in [-0.39, 0.29) is 0 Å². The van der Waals surface area contributed by atoms with Crippen molar-refractivity contribution in [1.29, 1.82) is 0 Å². The number of fused-ring (bicyclic) bond motifs is 3. The monoisotopic (exact) mass is 356 g/mol. The van der Waals surface area contributed by atoms with E-state index in [1.807, 2.05) is 6.07 Å². The lowest BCUT2D eigenvalue weighted by Crippen LogP contribution is -2.30. The van der Waals surface area contributed by atoms with Crippen LogP contribution < -0.4 is 0 Å². The summed E-state index contributed by atoms with van der Waals surface area (Å²) >= 11 is 6.18. The molecule has 0 bridgehead atoms. The molecule has 0 aliphatic carbocycles. The van der Waals surface area contributed by atoms with Crippen molar-refractivity contribution < 1.29 is 0 Å². The average Bonchev–Trinajstić information content (AvgIpc) is 3.06. The SMILES string of the molecule is Cc1nn(C(C)C)c(C)c1CN1CCc2c([nH]c3ccc(Cl)cc23)C1. The zero-order chi connectivity index (χ0) is 17.7. The summed E-state index contributed by atoms with van der Waals surface area (Å²) in [5, 5.41) is 6.82. The molecule has 132 valence electrons. The fourth-order valence-corrected chi connectivity index (χ4v) is 4.23. The van der Waals surface area contributed by atoms with Gasteiger partial charge in [-0.05, 0) is 57.9 Å². The number of nitrogens with one attached hydrogen (secondary N) is 1. The van der Waals surface area contributed by atoms with E-state index in [1.54, 1.807) is 0 Å². The molecule has 3 heterocycles. The Labute approximate surface area is 153 Å². The van der Waals surface area contributed by atoms with Gasteiger partial charge in [-0.1, -0.05) is 11.6 Å². The molecular weight excluding hydrogens is 332 g/mol. The van der Waals surface area contributed by atoms with E-state index in [0.717, 1.165) is 36.8 Å². The highest BCUT2D eigenvalue weighted by Crippen LogP contribution is 2.30. The number of hydrogen-bond donors (Lipinski definition) is 1. The van der Waals surface area contributed by atoms with Crippen molar-refractivity contribution in [2.45, 2.75) is 53.2 Å². The minimum absolute atomic E-state index is 0.402. The number of hydrogen-bond acceptors (Lipinski definition) is 2. The normalized spacial score (nSPS) is 15.3. The Morgan fingerprint density at radius 3 is 2.80 bits per heavy atom. The van der Waals surface area contributed by atoms with Crippen LogP contribution in [0.1, 0.15) is 48.1 Å². The van der Waals surface area contributed by atoms with Crippen molar-refractivity contribution in [2.75, 3.05) is 6.54 Å². The molecule has 0 saturated carbocycles. The van der Waals surface area contributed by atoms with Crippen molar-refractivity contribution >= 4 is 22.5 Å². The van der Waals surface area contributed by atoms with Crippen LogP contribution in [0.5, 0.6) is 0 Å². The summed E-state index contributed by atoms with van der Waals surface area (Å²) in [6.45, 7) is 11.7. The van der Waals surface area contributed by atoms with Crippen molar-refractivity contribution in [2.24, 2.45) is 0 Å². The zero-order valence-corrected chi connectivity index (χ0v) is 16.1. The third-order valence-electron chi connectivity index (χ3n) is 5.36. The van der Waals surface area contributed by atoms with Gasteiger partial charge < -0.3 is 4.98 Å². The van der Waals surface area contributed by atoms with Crippen molar-refractivity contribution in [3.05, 3.63) is 51.4 Å². The third-order valence-corrected chi connectivity index (χ3v) is 5.60.